The summed E-state index contributed by atoms with van der Waals surface area (Å²) in [5, 5.41) is 0. The molecule has 2 nitrogen and oxygen atoms in total. The monoisotopic (exact) mass is 156 g/mol. The summed E-state index contributed by atoms with van der Waals surface area (Å²) < 4.78 is 11.0. The van der Waals surface area contributed by atoms with Gasteiger partial charge in [-0.05, 0) is 25.8 Å². The maximum Gasteiger partial charge on any atom is 0.188 e. The molecule has 2 heteroatoms. The maximum absolute atomic E-state index is 5.49. The van der Waals surface area contributed by atoms with Crippen LogP contribution in [0.5, 0.6) is 0 Å². The molecule has 0 unspecified atom stereocenters. The fraction of sp³-hybridized carbons (Fsp3) is 0.778. The average molecular weight is 156 g/mol. The van der Waals surface area contributed by atoms with Crippen molar-refractivity contribution >= 4 is 0 Å². The third-order valence-electron chi connectivity index (χ3n) is 2.15. The van der Waals surface area contributed by atoms with E-state index in [0.29, 0.717) is 13.2 Å². The fourth-order valence-corrected chi connectivity index (χ4v) is 1.49. The van der Waals surface area contributed by atoms with Gasteiger partial charge in [0, 0.05) is 0 Å². The van der Waals surface area contributed by atoms with Crippen LogP contribution in [0.3, 0.4) is 0 Å². The molecule has 11 heavy (non-hydrogen) atoms. The van der Waals surface area contributed by atoms with Crippen LogP contribution in [0.1, 0.15) is 27.2 Å². The van der Waals surface area contributed by atoms with Crippen LogP contribution in [0.4, 0.5) is 0 Å². The molecule has 0 aromatic heterocycles. The first-order valence-corrected chi connectivity index (χ1v) is 4.16. The van der Waals surface area contributed by atoms with Gasteiger partial charge in [-0.1, -0.05) is 13.0 Å². The second-order valence-electron chi connectivity index (χ2n) is 2.81. The fourth-order valence-electron chi connectivity index (χ4n) is 1.49. The average Bonchev–Trinajstić information content (AvgIpc) is 2.39. The molecule has 1 rings (SSSR count). The van der Waals surface area contributed by atoms with Crippen LogP contribution in [-0.4, -0.2) is 19.0 Å². The second-order valence-corrected chi connectivity index (χ2v) is 2.81. The first-order valence-electron chi connectivity index (χ1n) is 4.16. The number of allylic oxidation sites excluding steroid dienone is 1. The van der Waals surface area contributed by atoms with Gasteiger partial charge in [0.15, 0.2) is 5.79 Å². The molecule has 0 N–H and O–H groups in total. The van der Waals surface area contributed by atoms with Crippen molar-refractivity contribution in [3.05, 3.63) is 11.6 Å². The highest BCUT2D eigenvalue weighted by molar-refractivity contribution is 5.11. The SMILES string of the molecule is C/C=C(\CC)C1(C)OCCO1. The second kappa shape index (κ2) is 3.37. The minimum absolute atomic E-state index is 0.427. The molecule has 0 spiro atoms. The first-order chi connectivity index (χ1) is 5.23. The van der Waals surface area contributed by atoms with E-state index in [1.807, 2.05) is 13.8 Å². The summed E-state index contributed by atoms with van der Waals surface area (Å²) in [6, 6.07) is 0. The molecule has 0 amide bonds. The predicted octanol–water partition coefficient (Wildman–Crippen LogP) is 2.11. The minimum Gasteiger partial charge on any atom is -0.344 e. The molecule has 1 heterocycles. The molecule has 1 aliphatic heterocycles. The van der Waals surface area contributed by atoms with Crippen molar-refractivity contribution in [3.63, 3.8) is 0 Å². The van der Waals surface area contributed by atoms with Crippen molar-refractivity contribution in [2.24, 2.45) is 0 Å². The lowest BCUT2D eigenvalue weighted by atomic mass is 10.1. The molecular formula is C9H16O2. The Kier molecular flexibility index (Phi) is 2.68. The first kappa shape index (κ1) is 8.75. The normalized spacial score (nSPS) is 24.1. The molecule has 0 atom stereocenters. The Balaban J connectivity index is 2.69. The van der Waals surface area contributed by atoms with Crippen LogP contribution >= 0.6 is 0 Å². The summed E-state index contributed by atoms with van der Waals surface area (Å²) in [5.74, 6) is -0.427. The minimum atomic E-state index is -0.427. The van der Waals surface area contributed by atoms with Crippen molar-refractivity contribution in [2.45, 2.75) is 33.0 Å². The molecule has 0 aromatic carbocycles. The maximum atomic E-state index is 5.49. The van der Waals surface area contributed by atoms with Gasteiger partial charge in [0.1, 0.15) is 0 Å². The highest BCUT2D eigenvalue weighted by Gasteiger charge is 2.33. The number of hydrogen-bond acceptors (Lipinski definition) is 2. The highest BCUT2D eigenvalue weighted by Crippen LogP contribution is 2.28. The molecule has 0 bridgehead atoms. The Hall–Kier alpha value is -0.340. The van der Waals surface area contributed by atoms with E-state index < -0.39 is 5.79 Å². The highest BCUT2D eigenvalue weighted by atomic mass is 16.7. The molecular weight excluding hydrogens is 140 g/mol. The van der Waals surface area contributed by atoms with Gasteiger partial charge >= 0.3 is 0 Å². The van der Waals surface area contributed by atoms with E-state index in [2.05, 4.69) is 13.0 Å². The third kappa shape index (κ3) is 1.63. The zero-order valence-corrected chi connectivity index (χ0v) is 7.52. The Morgan fingerprint density at radius 3 is 2.36 bits per heavy atom. The van der Waals surface area contributed by atoms with Gasteiger partial charge in [-0.2, -0.15) is 0 Å². The smallest absolute Gasteiger partial charge is 0.188 e. The van der Waals surface area contributed by atoms with Gasteiger partial charge in [-0.15, -0.1) is 0 Å². The quantitative estimate of drug-likeness (QED) is 0.570. The van der Waals surface area contributed by atoms with E-state index >= 15 is 0 Å². The largest absolute Gasteiger partial charge is 0.344 e. The van der Waals surface area contributed by atoms with Crippen molar-refractivity contribution in [1.82, 2.24) is 0 Å². The molecule has 0 radical (unpaired) electrons. The van der Waals surface area contributed by atoms with Crippen LogP contribution in [0.25, 0.3) is 0 Å². The van der Waals surface area contributed by atoms with E-state index in [4.69, 9.17) is 9.47 Å². The van der Waals surface area contributed by atoms with E-state index in [-0.39, 0.29) is 0 Å². The van der Waals surface area contributed by atoms with Crippen molar-refractivity contribution in [2.75, 3.05) is 13.2 Å². The van der Waals surface area contributed by atoms with E-state index in [1.54, 1.807) is 0 Å². The van der Waals surface area contributed by atoms with Crippen LogP contribution in [-0.2, 0) is 9.47 Å². The molecule has 64 valence electrons. The van der Waals surface area contributed by atoms with Gasteiger partial charge in [-0.25, -0.2) is 0 Å². The number of rotatable bonds is 2. The van der Waals surface area contributed by atoms with E-state index in [1.165, 1.54) is 5.57 Å². The number of hydrogen-bond donors (Lipinski definition) is 0. The van der Waals surface area contributed by atoms with Crippen molar-refractivity contribution < 1.29 is 9.47 Å². The Morgan fingerprint density at radius 1 is 1.45 bits per heavy atom. The molecule has 0 saturated carbocycles. The van der Waals surface area contributed by atoms with Gasteiger partial charge in [0.2, 0.25) is 0 Å². The van der Waals surface area contributed by atoms with Gasteiger partial charge in [-0.3, -0.25) is 0 Å². The van der Waals surface area contributed by atoms with Gasteiger partial charge in [0.25, 0.3) is 0 Å². The zero-order valence-electron chi connectivity index (χ0n) is 7.52. The zero-order chi connectivity index (χ0) is 8.32. The number of ether oxygens (including phenoxy) is 2. The third-order valence-corrected chi connectivity index (χ3v) is 2.15. The van der Waals surface area contributed by atoms with Crippen LogP contribution in [0.15, 0.2) is 11.6 Å². The molecule has 0 aromatic rings. The molecule has 1 saturated heterocycles. The van der Waals surface area contributed by atoms with Crippen LogP contribution in [0.2, 0.25) is 0 Å². The lowest BCUT2D eigenvalue weighted by molar-refractivity contribution is -0.111. The van der Waals surface area contributed by atoms with E-state index in [0.717, 1.165) is 6.42 Å². The summed E-state index contributed by atoms with van der Waals surface area (Å²) in [6.07, 6.45) is 3.07. The Bertz CT molecular complexity index is 155. The molecule has 1 aliphatic rings. The molecule has 0 aliphatic carbocycles. The van der Waals surface area contributed by atoms with Gasteiger partial charge < -0.3 is 9.47 Å². The van der Waals surface area contributed by atoms with E-state index in [9.17, 15) is 0 Å². The Morgan fingerprint density at radius 2 is 2.00 bits per heavy atom. The summed E-state index contributed by atoms with van der Waals surface area (Å²) in [4.78, 5) is 0. The lowest BCUT2D eigenvalue weighted by Gasteiger charge is -2.24. The summed E-state index contributed by atoms with van der Waals surface area (Å²) in [5.41, 5.74) is 1.23. The lowest BCUT2D eigenvalue weighted by Crippen LogP contribution is -2.27. The predicted molar refractivity (Wildman–Crippen MR) is 44.4 cm³/mol. The van der Waals surface area contributed by atoms with Gasteiger partial charge in [0.05, 0.1) is 13.2 Å². The summed E-state index contributed by atoms with van der Waals surface area (Å²) in [6.45, 7) is 7.56. The van der Waals surface area contributed by atoms with Crippen molar-refractivity contribution in [3.8, 4) is 0 Å². The van der Waals surface area contributed by atoms with Crippen LogP contribution < -0.4 is 0 Å². The summed E-state index contributed by atoms with van der Waals surface area (Å²) >= 11 is 0. The molecule has 1 fully saturated rings. The topological polar surface area (TPSA) is 18.5 Å². The Labute approximate surface area is 68.2 Å². The summed E-state index contributed by atoms with van der Waals surface area (Å²) in [7, 11) is 0. The standard InChI is InChI=1S/C9H16O2/c1-4-8(5-2)9(3)10-6-7-11-9/h4H,5-7H2,1-3H3/b8-4+. The van der Waals surface area contributed by atoms with Crippen molar-refractivity contribution in [1.29, 1.82) is 0 Å². The van der Waals surface area contributed by atoms with Crippen LogP contribution in [0, 0.1) is 0 Å².